The topological polar surface area (TPSA) is 149 Å². The number of aromatic amines is 1. The molecule has 228 valence electrons. The average Bonchev–Trinajstić information content (AvgIpc) is 3.15. The highest BCUT2D eigenvalue weighted by atomic mass is 32.1. The van der Waals surface area contributed by atoms with Crippen LogP contribution in [0.3, 0.4) is 0 Å². The molecule has 1 aliphatic rings. The van der Waals surface area contributed by atoms with Crippen molar-refractivity contribution in [3.8, 4) is 5.75 Å². The molecule has 0 bridgehead atoms. The van der Waals surface area contributed by atoms with Gasteiger partial charge in [-0.05, 0) is 36.0 Å². The maximum Gasteiger partial charge on any atom is 0.380 e. The number of nitrogens with zero attached hydrogens (tertiary/aromatic N) is 1. The molecule has 1 aromatic heterocycles. The van der Waals surface area contributed by atoms with Gasteiger partial charge in [-0.1, -0.05) is 64.1 Å². The number of hydrogen-bond acceptors (Lipinski definition) is 10. The third kappa shape index (κ3) is 7.37. The van der Waals surface area contributed by atoms with Gasteiger partial charge in [0.05, 0.1) is 28.0 Å². The molecule has 3 aromatic rings. The number of esters is 1. The zero-order valence-electron chi connectivity index (χ0n) is 26.0. The Hall–Kier alpha value is -2.86. The van der Waals surface area contributed by atoms with Crippen LogP contribution in [0.2, 0.25) is 0 Å². The molecule has 4 rings (SSSR count). The highest BCUT2D eigenvalue weighted by molar-refractivity contribution is 7.71. The van der Waals surface area contributed by atoms with Crippen molar-refractivity contribution in [3.63, 3.8) is 0 Å². The highest BCUT2D eigenvalue weighted by Crippen LogP contribution is 2.52. The number of nitrogens with one attached hydrogen (secondary N) is 1. The summed E-state index contributed by atoms with van der Waals surface area (Å²) in [5, 5.41) is 23.6. The van der Waals surface area contributed by atoms with Gasteiger partial charge in [-0.2, -0.15) is 0 Å². The van der Waals surface area contributed by atoms with E-state index in [1.165, 1.54) is 26.1 Å². The number of aliphatic hydroxyl groups is 2. The minimum absolute atomic E-state index is 0.0954. The van der Waals surface area contributed by atoms with Crippen molar-refractivity contribution in [2.24, 2.45) is 11.3 Å². The van der Waals surface area contributed by atoms with Crippen molar-refractivity contribution in [1.29, 1.82) is 0 Å². The molecule has 2 aromatic carbocycles. The molecular weight excluding hydrogens is 583 g/mol. The quantitative estimate of drug-likeness (QED) is 0.167. The Morgan fingerprint density at radius 1 is 1.26 bits per heavy atom. The number of aromatic nitrogens is 2. The van der Waals surface area contributed by atoms with Crippen molar-refractivity contribution in [1.82, 2.24) is 9.55 Å². The molecule has 0 saturated carbocycles. The van der Waals surface area contributed by atoms with Gasteiger partial charge in [-0.3, -0.25) is 23.7 Å². The number of fused-ring (bicyclic) bond motifs is 1. The van der Waals surface area contributed by atoms with E-state index in [2.05, 4.69) is 4.98 Å². The summed E-state index contributed by atoms with van der Waals surface area (Å²) >= 11 is 5.17. The normalized spacial score (nSPS) is 25.7. The third-order valence-corrected chi connectivity index (χ3v) is 8.77. The van der Waals surface area contributed by atoms with Crippen LogP contribution in [0.5, 0.6) is 5.75 Å². The molecule has 13 heteroatoms. The summed E-state index contributed by atoms with van der Waals surface area (Å²) in [5.74, 6) is -1.60. The van der Waals surface area contributed by atoms with Crippen LogP contribution < -0.4 is 10.1 Å². The number of aliphatic hydroxyl groups excluding tert-OH is 1. The lowest BCUT2D eigenvalue weighted by molar-refractivity contribution is -0.150. The Balaban J connectivity index is 1.68. The molecule has 0 amide bonds. The number of benzene rings is 2. The van der Waals surface area contributed by atoms with Crippen molar-refractivity contribution in [2.75, 3.05) is 19.3 Å². The molecule has 0 radical (unpaired) electrons. The summed E-state index contributed by atoms with van der Waals surface area (Å²) in [5.41, 5.74) is -2.98. The van der Waals surface area contributed by atoms with Crippen molar-refractivity contribution in [3.05, 3.63) is 69.9 Å². The number of H-pyrrole nitrogens is 1. The minimum Gasteiger partial charge on any atom is -0.465 e. The molecule has 0 spiro atoms. The monoisotopic (exact) mass is 622 g/mol. The predicted octanol–water partition coefficient (Wildman–Crippen LogP) is 4.58. The van der Waals surface area contributed by atoms with Crippen LogP contribution in [0.25, 0.3) is 10.8 Å². The molecule has 0 aliphatic carbocycles. The Kier molecular flexibility index (Phi) is 8.63. The first-order valence-corrected chi connectivity index (χ1v) is 15.5. The van der Waals surface area contributed by atoms with Gasteiger partial charge in [0.2, 0.25) is 0 Å². The molecule has 1 fully saturated rings. The number of hydrogen-bond donors (Lipinski definition) is 3. The molecule has 1 saturated heterocycles. The van der Waals surface area contributed by atoms with Gasteiger partial charge in [0, 0.05) is 17.6 Å². The van der Waals surface area contributed by atoms with E-state index in [4.69, 9.17) is 33.5 Å². The molecule has 11 nitrogen and oxygen atoms in total. The standard InChI is InChI=1S/C29H37N2O9PS/c1-18(25(34)37-17-28(2,3)4)16-41(36,40-21-12-8-10-19-9-6-7-11-20(19)21)38-15-22-24(33)29(5,35)26(39-22)31-14-13-23(32)30-27(31)42/h6-14,18,22,24,26,33,35H,15-17H2,1-5H3,(H,30,32,42)/t18-,22-,24+,26-,29?,41?/m1/s1/i15D2. The fourth-order valence-corrected chi connectivity index (χ4v) is 6.33. The largest absolute Gasteiger partial charge is 0.465 e. The summed E-state index contributed by atoms with van der Waals surface area (Å²) < 4.78 is 55.7. The van der Waals surface area contributed by atoms with E-state index in [9.17, 15) is 24.4 Å². The molecular formula is C29H37N2O9PS. The first-order chi connectivity index (χ1) is 20.3. The van der Waals surface area contributed by atoms with Gasteiger partial charge < -0.3 is 24.2 Å². The summed E-state index contributed by atoms with van der Waals surface area (Å²) in [6, 6.07) is 13.2. The average molecular weight is 623 g/mol. The maximum absolute atomic E-state index is 14.5. The van der Waals surface area contributed by atoms with Crippen LogP contribution in [-0.4, -0.2) is 62.9 Å². The molecule has 1 aliphatic heterocycles. The smallest absolute Gasteiger partial charge is 0.380 e. The summed E-state index contributed by atoms with van der Waals surface area (Å²) in [6.07, 6.45) is -4.65. The lowest BCUT2D eigenvalue weighted by Crippen LogP contribution is -2.44. The Bertz CT molecular complexity index is 1680. The van der Waals surface area contributed by atoms with Crippen LogP contribution in [0.15, 0.2) is 59.5 Å². The van der Waals surface area contributed by atoms with E-state index < -0.39 is 61.8 Å². The van der Waals surface area contributed by atoms with Gasteiger partial charge in [0.1, 0.15) is 23.6 Å². The second kappa shape index (κ2) is 12.4. The van der Waals surface area contributed by atoms with Gasteiger partial charge in [-0.15, -0.1) is 0 Å². The Labute approximate surface area is 251 Å². The first kappa shape index (κ1) is 29.2. The number of carbonyl (C=O) groups is 1. The first-order valence-electron chi connectivity index (χ1n) is 14.3. The van der Waals surface area contributed by atoms with Gasteiger partial charge in [-0.25, -0.2) is 4.57 Å². The minimum atomic E-state index is -4.59. The second-order valence-corrected chi connectivity index (χ2v) is 14.1. The zero-order valence-corrected chi connectivity index (χ0v) is 25.7. The highest BCUT2D eigenvalue weighted by Gasteiger charge is 2.53. The summed E-state index contributed by atoms with van der Waals surface area (Å²) in [7, 11) is -4.59. The number of ether oxygens (including phenoxy) is 2. The van der Waals surface area contributed by atoms with Crippen LogP contribution in [0, 0.1) is 16.1 Å². The fraction of sp³-hybridized carbons (Fsp3) is 0.483. The fourth-order valence-electron chi connectivity index (χ4n) is 4.35. The van der Waals surface area contributed by atoms with Crippen LogP contribution >= 0.6 is 19.8 Å². The van der Waals surface area contributed by atoms with Crippen LogP contribution in [0.4, 0.5) is 0 Å². The van der Waals surface area contributed by atoms with E-state index in [0.717, 1.165) is 16.0 Å². The molecule has 3 N–H and O–H groups in total. The lowest BCUT2D eigenvalue weighted by Gasteiger charge is -2.28. The van der Waals surface area contributed by atoms with Crippen LogP contribution in [-0.2, 0) is 23.4 Å². The van der Waals surface area contributed by atoms with E-state index in [1.807, 2.05) is 39.0 Å². The van der Waals surface area contributed by atoms with Crippen molar-refractivity contribution < 1.29 is 40.8 Å². The zero-order chi connectivity index (χ0) is 32.7. The summed E-state index contributed by atoms with van der Waals surface area (Å²) in [6.45, 7) is 5.36. The van der Waals surface area contributed by atoms with Gasteiger partial charge in [0.15, 0.2) is 11.0 Å². The van der Waals surface area contributed by atoms with E-state index in [0.29, 0.717) is 5.39 Å². The molecule has 2 heterocycles. The van der Waals surface area contributed by atoms with E-state index >= 15 is 0 Å². The third-order valence-electron chi connectivity index (χ3n) is 6.61. The Morgan fingerprint density at radius 2 is 1.95 bits per heavy atom. The maximum atomic E-state index is 14.5. The predicted molar refractivity (Wildman–Crippen MR) is 159 cm³/mol. The Morgan fingerprint density at radius 3 is 2.64 bits per heavy atom. The number of carbonyl (C=O) groups excluding carboxylic acids is 1. The van der Waals surface area contributed by atoms with Crippen LogP contribution in [0.1, 0.15) is 43.6 Å². The molecule has 42 heavy (non-hydrogen) atoms. The van der Waals surface area contributed by atoms with Crippen molar-refractivity contribution in [2.45, 2.75) is 58.7 Å². The SMILES string of the molecule is [2H]C([2H])(OP(=O)(C[C@@H](C)C(=O)OCC(C)(C)C)Oc1cccc2ccccc12)[C@H]1O[C@@H](n2ccc(=O)[nH]c2=S)C(C)(O)[C@H]1O. The lowest BCUT2D eigenvalue weighted by atomic mass is 9.96. The van der Waals surface area contributed by atoms with E-state index in [1.54, 1.807) is 18.2 Å². The second-order valence-electron chi connectivity index (χ2n) is 11.7. The number of rotatable bonds is 10. The molecule has 2 unspecified atom stereocenters. The van der Waals surface area contributed by atoms with Crippen molar-refractivity contribution >= 4 is 36.6 Å². The summed E-state index contributed by atoms with van der Waals surface area (Å²) in [4.78, 5) is 26.9. The van der Waals surface area contributed by atoms with E-state index in [-0.39, 0.29) is 22.5 Å². The molecule has 6 atom stereocenters. The van der Waals surface area contributed by atoms with Gasteiger partial charge >= 0.3 is 13.6 Å². The van der Waals surface area contributed by atoms with Gasteiger partial charge in [0.25, 0.3) is 5.56 Å².